The zero-order valence-corrected chi connectivity index (χ0v) is 12.7. The standard InChI is InChI=1S/C14H19F2N3OS/c1-19-9-11(7-18-19)3-2-6-17-8-12-4-5-13(20-12)10-21-14(15)16/h4-5,7,9,14,17H,2-3,6,8,10H2,1H3. The molecule has 0 amide bonds. The quantitative estimate of drug-likeness (QED) is 0.722. The molecule has 2 rings (SSSR count). The summed E-state index contributed by atoms with van der Waals surface area (Å²) in [6.45, 7) is 1.49. The van der Waals surface area contributed by atoms with Crippen LogP contribution < -0.4 is 5.32 Å². The van der Waals surface area contributed by atoms with E-state index in [0.717, 1.165) is 25.1 Å². The third kappa shape index (κ3) is 5.89. The van der Waals surface area contributed by atoms with Crippen molar-refractivity contribution in [1.82, 2.24) is 15.1 Å². The summed E-state index contributed by atoms with van der Waals surface area (Å²) in [5.41, 5.74) is 1.23. The fourth-order valence-corrected chi connectivity index (χ4v) is 2.42. The molecule has 21 heavy (non-hydrogen) atoms. The van der Waals surface area contributed by atoms with Crippen LogP contribution in [0.5, 0.6) is 0 Å². The summed E-state index contributed by atoms with van der Waals surface area (Å²) in [6, 6.07) is 3.58. The lowest BCUT2D eigenvalue weighted by Gasteiger charge is -2.02. The van der Waals surface area contributed by atoms with Crippen molar-refractivity contribution >= 4 is 11.8 Å². The number of aromatic nitrogens is 2. The first-order chi connectivity index (χ1) is 10.1. The first kappa shape index (κ1) is 16.0. The van der Waals surface area contributed by atoms with Crippen molar-refractivity contribution in [3.8, 4) is 0 Å². The number of nitrogens with one attached hydrogen (secondary N) is 1. The minimum atomic E-state index is -2.36. The molecule has 2 aromatic heterocycles. The molecule has 0 atom stereocenters. The van der Waals surface area contributed by atoms with Crippen molar-refractivity contribution in [1.29, 1.82) is 0 Å². The van der Waals surface area contributed by atoms with Crippen molar-refractivity contribution in [3.63, 3.8) is 0 Å². The van der Waals surface area contributed by atoms with Crippen molar-refractivity contribution in [2.24, 2.45) is 7.05 Å². The number of hydrogen-bond acceptors (Lipinski definition) is 4. The molecule has 0 unspecified atom stereocenters. The Labute approximate surface area is 126 Å². The third-order valence-corrected chi connectivity index (χ3v) is 3.65. The van der Waals surface area contributed by atoms with Gasteiger partial charge >= 0.3 is 0 Å². The van der Waals surface area contributed by atoms with Crippen molar-refractivity contribution in [3.05, 3.63) is 41.6 Å². The molecule has 7 heteroatoms. The number of thioether (sulfide) groups is 1. The molecule has 2 aromatic rings. The van der Waals surface area contributed by atoms with E-state index in [-0.39, 0.29) is 5.75 Å². The van der Waals surface area contributed by atoms with Crippen LogP contribution in [0.15, 0.2) is 28.9 Å². The van der Waals surface area contributed by atoms with Gasteiger partial charge < -0.3 is 9.73 Å². The fraction of sp³-hybridized carbons (Fsp3) is 0.500. The highest BCUT2D eigenvalue weighted by molar-refractivity contribution is 7.98. The predicted molar refractivity (Wildman–Crippen MR) is 79.2 cm³/mol. The first-order valence-electron chi connectivity index (χ1n) is 6.79. The van der Waals surface area contributed by atoms with Gasteiger partial charge in [-0.05, 0) is 37.1 Å². The summed E-state index contributed by atoms with van der Waals surface area (Å²) in [5.74, 6) is -0.781. The Morgan fingerprint density at radius 2 is 2.19 bits per heavy atom. The lowest BCUT2D eigenvalue weighted by atomic mass is 10.2. The van der Waals surface area contributed by atoms with Crippen LogP contribution in [0.3, 0.4) is 0 Å². The topological polar surface area (TPSA) is 43.0 Å². The van der Waals surface area contributed by atoms with E-state index in [0.29, 0.717) is 24.1 Å². The van der Waals surface area contributed by atoms with Crippen molar-refractivity contribution in [2.75, 3.05) is 6.54 Å². The van der Waals surface area contributed by atoms with E-state index in [1.165, 1.54) is 5.56 Å². The molecule has 4 nitrogen and oxygen atoms in total. The zero-order valence-electron chi connectivity index (χ0n) is 11.9. The molecule has 0 saturated heterocycles. The summed E-state index contributed by atoms with van der Waals surface area (Å²) in [6.07, 6.45) is 5.88. The zero-order chi connectivity index (χ0) is 15.1. The molecule has 0 bridgehead atoms. The lowest BCUT2D eigenvalue weighted by Crippen LogP contribution is -2.14. The van der Waals surface area contributed by atoms with Crippen molar-refractivity contribution in [2.45, 2.75) is 30.9 Å². The lowest BCUT2D eigenvalue weighted by molar-refractivity contribution is 0.251. The average Bonchev–Trinajstić information content (AvgIpc) is 3.05. The number of halogens is 2. The van der Waals surface area contributed by atoms with Crippen LogP contribution in [-0.2, 0) is 25.8 Å². The number of nitrogens with zero attached hydrogens (tertiary/aromatic N) is 2. The van der Waals surface area contributed by atoms with Gasteiger partial charge in [0.15, 0.2) is 0 Å². The normalized spacial score (nSPS) is 11.4. The molecule has 0 aliphatic carbocycles. The molecule has 0 radical (unpaired) electrons. The number of hydrogen-bond donors (Lipinski definition) is 1. The van der Waals surface area contributed by atoms with Gasteiger partial charge in [-0.1, -0.05) is 11.8 Å². The molecule has 116 valence electrons. The average molecular weight is 315 g/mol. The van der Waals surface area contributed by atoms with Crippen LogP contribution in [0.1, 0.15) is 23.5 Å². The summed E-state index contributed by atoms with van der Waals surface area (Å²) < 4.78 is 31.4. The highest BCUT2D eigenvalue weighted by Gasteiger charge is 2.07. The van der Waals surface area contributed by atoms with E-state index < -0.39 is 5.76 Å². The van der Waals surface area contributed by atoms with E-state index >= 15 is 0 Å². The summed E-state index contributed by atoms with van der Waals surface area (Å²) >= 11 is 0.574. The van der Waals surface area contributed by atoms with E-state index in [2.05, 4.69) is 10.4 Å². The predicted octanol–water partition coefficient (Wildman–Crippen LogP) is 3.19. The Morgan fingerprint density at radius 3 is 2.90 bits per heavy atom. The van der Waals surface area contributed by atoms with Crippen LogP contribution in [0.25, 0.3) is 0 Å². The van der Waals surface area contributed by atoms with Gasteiger partial charge in [0.2, 0.25) is 0 Å². The number of furan rings is 1. The molecule has 0 aliphatic heterocycles. The Kier molecular flexibility index (Phi) is 6.25. The number of rotatable bonds is 9. The Hall–Kier alpha value is -1.34. The summed E-state index contributed by atoms with van der Waals surface area (Å²) in [5, 5.41) is 7.40. The molecule has 0 aromatic carbocycles. The molecule has 0 fully saturated rings. The Morgan fingerprint density at radius 1 is 1.38 bits per heavy atom. The molecule has 1 N–H and O–H groups in total. The van der Waals surface area contributed by atoms with Gasteiger partial charge in [0.25, 0.3) is 5.76 Å². The largest absolute Gasteiger partial charge is 0.464 e. The molecular formula is C14H19F2N3OS. The molecular weight excluding hydrogens is 296 g/mol. The summed E-state index contributed by atoms with van der Waals surface area (Å²) in [7, 11) is 1.91. The monoisotopic (exact) mass is 315 g/mol. The third-order valence-electron chi connectivity index (χ3n) is 2.95. The van der Waals surface area contributed by atoms with Crippen LogP contribution in [0, 0.1) is 0 Å². The van der Waals surface area contributed by atoms with Crippen LogP contribution >= 0.6 is 11.8 Å². The molecule has 0 saturated carbocycles. The second-order valence-electron chi connectivity index (χ2n) is 4.74. The van der Waals surface area contributed by atoms with Gasteiger partial charge in [-0.2, -0.15) is 13.9 Å². The van der Waals surface area contributed by atoms with Crippen molar-refractivity contribution < 1.29 is 13.2 Å². The van der Waals surface area contributed by atoms with Gasteiger partial charge in [0.05, 0.1) is 18.5 Å². The van der Waals surface area contributed by atoms with E-state index in [9.17, 15) is 8.78 Å². The molecule has 0 spiro atoms. The second-order valence-corrected chi connectivity index (χ2v) is 5.72. The maximum Gasteiger partial charge on any atom is 0.284 e. The highest BCUT2D eigenvalue weighted by atomic mass is 32.2. The molecule has 2 heterocycles. The maximum absolute atomic E-state index is 12.1. The Balaban J connectivity index is 1.60. The number of alkyl halides is 2. The highest BCUT2D eigenvalue weighted by Crippen LogP contribution is 2.21. The van der Waals surface area contributed by atoms with Crippen LogP contribution in [0.4, 0.5) is 8.78 Å². The minimum absolute atomic E-state index is 0.207. The van der Waals surface area contributed by atoms with Gasteiger partial charge in [-0.15, -0.1) is 0 Å². The fourth-order valence-electron chi connectivity index (χ4n) is 1.97. The molecule has 0 aliphatic rings. The van der Waals surface area contributed by atoms with E-state index in [1.54, 1.807) is 10.7 Å². The SMILES string of the molecule is Cn1cc(CCCNCc2ccc(CSC(F)F)o2)cn1. The minimum Gasteiger partial charge on any atom is -0.464 e. The summed E-state index contributed by atoms with van der Waals surface area (Å²) in [4.78, 5) is 0. The smallest absolute Gasteiger partial charge is 0.284 e. The first-order valence-corrected chi connectivity index (χ1v) is 7.84. The second kappa shape index (κ2) is 8.19. The van der Waals surface area contributed by atoms with Gasteiger partial charge in [-0.3, -0.25) is 4.68 Å². The Bertz CT molecular complexity index is 542. The van der Waals surface area contributed by atoms with E-state index in [4.69, 9.17) is 4.42 Å². The van der Waals surface area contributed by atoms with Crippen LogP contribution in [-0.4, -0.2) is 22.1 Å². The van der Waals surface area contributed by atoms with Gasteiger partial charge in [0, 0.05) is 13.2 Å². The van der Waals surface area contributed by atoms with Gasteiger partial charge in [0.1, 0.15) is 11.5 Å². The maximum atomic E-state index is 12.1. The van der Waals surface area contributed by atoms with E-state index in [1.807, 2.05) is 25.5 Å². The van der Waals surface area contributed by atoms with Gasteiger partial charge in [-0.25, -0.2) is 0 Å². The number of aryl methyl sites for hydroxylation is 2. The van der Waals surface area contributed by atoms with Crippen LogP contribution in [0.2, 0.25) is 0 Å².